The highest BCUT2D eigenvalue weighted by atomic mass is 32.1. The van der Waals surface area contributed by atoms with E-state index in [0.29, 0.717) is 11.2 Å². The van der Waals surface area contributed by atoms with Crippen molar-refractivity contribution in [2.45, 2.75) is 6.54 Å². The Morgan fingerprint density at radius 2 is 2.20 bits per heavy atom. The summed E-state index contributed by atoms with van der Waals surface area (Å²) in [5, 5.41) is 3.12. The zero-order chi connectivity index (χ0) is 13.9. The molecule has 20 heavy (non-hydrogen) atoms. The Balaban J connectivity index is 2.09. The van der Waals surface area contributed by atoms with Crippen LogP contribution in [0.3, 0.4) is 0 Å². The third-order valence-electron chi connectivity index (χ3n) is 3.02. The van der Waals surface area contributed by atoms with Gasteiger partial charge in [-0.2, -0.15) is 0 Å². The number of nitrogens with zero attached hydrogens (tertiary/aromatic N) is 3. The lowest BCUT2D eigenvalue weighted by atomic mass is 10.2. The van der Waals surface area contributed by atoms with E-state index < -0.39 is 0 Å². The lowest BCUT2D eigenvalue weighted by Gasteiger charge is -2.03. The van der Waals surface area contributed by atoms with Gasteiger partial charge in [-0.25, -0.2) is 9.67 Å². The fraction of sp³-hybridized carbons (Fsp3) is 0.0714. The second-order valence-corrected chi connectivity index (χ2v) is 4.68. The summed E-state index contributed by atoms with van der Waals surface area (Å²) < 4.78 is 2.43. The minimum absolute atomic E-state index is 0.471. The molecule has 3 aromatic rings. The molecule has 0 saturated heterocycles. The van der Waals surface area contributed by atoms with Crippen LogP contribution in [0.4, 0.5) is 0 Å². The molecule has 0 fully saturated rings. The Hall–Kier alpha value is -2.31. The van der Waals surface area contributed by atoms with Gasteiger partial charge in [-0.1, -0.05) is 18.3 Å². The number of nitrogens with two attached hydrogens (primary N) is 1. The van der Waals surface area contributed by atoms with Gasteiger partial charge in [-0.15, -0.1) is 0 Å². The molecule has 0 saturated carbocycles. The summed E-state index contributed by atoms with van der Waals surface area (Å²) in [7, 11) is 0. The molecule has 0 radical (unpaired) electrons. The Morgan fingerprint density at radius 3 is 2.95 bits per heavy atom. The minimum Gasteiger partial charge on any atom is -0.326 e. The predicted octanol–water partition coefficient (Wildman–Crippen LogP) is 2.45. The number of hydrogen-bond donors (Lipinski definition) is 2. The quantitative estimate of drug-likeness (QED) is 0.724. The number of pyridine rings is 2. The molecule has 0 bridgehead atoms. The molecule has 0 aliphatic heterocycles. The van der Waals surface area contributed by atoms with Gasteiger partial charge >= 0.3 is 0 Å². The zero-order valence-electron chi connectivity index (χ0n) is 10.7. The van der Waals surface area contributed by atoms with Crippen LogP contribution in [0.15, 0.2) is 49.1 Å². The van der Waals surface area contributed by atoms with Crippen molar-refractivity contribution in [3.05, 3.63) is 59.3 Å². The Bertz CT molecular complexity index is 776. The summed E-state index contributed by atoms with van der Waals surface area (Å²) in [6.07, 6.45) is 7.10. The molecule has 3 rings (SSSR count). The number of hydrogen-bond acceptors (Lipinski definition) is 4. The minimum atomic E-state index is 0.471. The van der Waals surface area contributed by atoms with Crippen LogP contribution in [0.1, 0.15) is 5.56 Å². The fourth-order valence-electron chi connectivity index (χ4n) is 1.98. The van der Waals surface area contributed by atoms with E-state index >= 15 is 0 Å². The van der Waals surface area contributed by atoms with Gasteiger partial charge in [0.2, 0.25) is 0 Å². The Labute approximate surface area is 121 Å². The van der Waals surface area contributed by atoms with Gasteiger partial charge in [0.15, 0.2) is 5.82 Å². The van der Waals surface area contributed by atoms with Crippen LogP contribution in [0.2, 0.25) is 0 Å². The van der Waals surface area contributed by atoms with E-state index in [2.05, 4.69) is 15.1 Å². The molecule has 0 aliphatic rings. The smallest absolute Gasteiger partial charge is 0.153 e. The maximum atomic E-state index is 5.65. The predicted molar refractivity (Wildman–Crippen MR) is 79.9 cm³/mol. The zero-order valence-corrected chi connectivity index (χ0v) is 11.5. The summed E-state index contributed by atoms with van der Waals surface area (Å²) in [5.74, 6) is 0.730. The SMILES string of the molecule is NCc1ccnc(-n2[nH]cc(-c3cccnc3)c2=S)c1. The number of nitrogens with one attached hydrogen (secondary N) is 1. The van der Waals surface area contributed by atoms with Crippen LogP contribution in [0.25, 0.3) is 16.9 Å². The standard InChI is InChI=1S/C14H13N5S/c15-7-10-3-5-17-13(6-10)19-14(20)12(9-18-19)11-2-1-4-16-8-11/h1-6,8-9,18H,7,15H2. The van der Waals surface area contributed by atoms with Crippen LogP contribution < -0.4 is 5.73 Å². The molecular weight excluding hydrogens is 270 g/mol. The molecule has 0 unspecified atom stereocenters. The lowest BCUT2D eigenvalue weighted by molar-refractivity contribution is 0.831. The normalized spacial score (nSPS) is 10.7. The summed E-state index contributed by atoms with van der Waals surface area (Å²) in [5.41, 5.74) is 8.56. The van der Waals surface area contributed by atoms with Crippen LogP contribution >= 0.6 is 12.2 Å². The molecular formula is C14H13N5S. The van der Waals surface area contributed by atoms with Crippen molar-refractivity contribution in [2.24, 2.45) is 5.73 Å². The second kappa shape index (κ2) is 5.36. The average Bonchev–Trinajstić information content (AvgIpc) is 2.90. The number of rotatable bonds is 3. The highest BCUT2D eigenvalue weighted by Crippen LogP contribution is 2.20. The van der Waals surface area contributed by atoms with Crippen molar-refractivity contribution in [1.29, 1.82) is 0 Å². The van der Waals surface area contributed by atoms with Crippen LogP contribution in [-0.2, 0) is 6.54 Å². The topological polar surface area (TPSA) is 72.5 Å². The van der Waals surface area contributed by atoms with E-state index in [-0.39, 0.29) is 0 Å². The van der Waals surface area contributed by atoms with Crippen molar-refractivity contribution in [1.82, 2.24) is 19.7 Å². The average molecular weight is 283 g/mol. The summed E-state index contributed by atoms with van der Waals surface area (Å²) in [6, 6.07) is 7.66. The molecule has 0 amide bonds. The molecule has 0 spiro atoms. The van der Waals surface area contributed by atoms with Gasteiger partial charge in [0.25, 0.3) is 0 Å². The lowest BCUT2D eigenvalue weighted by Crippen LogP contribution is -2.02. The molecule has 3 heterocycles. The van der Waals surface area contributed by atoms with Crippen molar-refractivity contribution < 1.29 is 0 Å². The van der Waals surface area contributed by atoms with E-state index in [1.165, 1.54) is 0 Å². The number of aromatic amines is 1. The largest absolute Gasteiger partial charge is 0.326 e. The fourth-order valence-corrected chi connectivity index (χ4v) is 2.30. The molecule has 100 valence electrons. The summed E-state index contributed by atoms with van der Waals surface area (Å²) in [4.78, 5) is 8.43. The number of aromatic nitrogens is 4. The van der Waals surface area contributed by atoms with E-state index in [0.717, 1.165) is 22.5 Å². The van der Waals surface area contributed by atoms with E-state index in [9.17, 15) is 0 Å². The summed E-state index contributed by atoms with van der Waals surface area (Å²) in [6.45, 7) is 0.471. The highest BCUT2D eigenvalue weighted by molar-refractivity contribution is 7.71. The first-order chi connectivity index (χ1) is 9.79. The monoisotopic (exact) mass is 283 g/mol. The van der Waals surface area contributed by atoms with Gasteiger partial charge in [0.05, 0.1) is 0 Å². The van der Waals surface area contributed by atoms with E-state index in [1.54, 1.807) is 23.3 Å². The third kappa shape index (κ3) is 2.26. The van der Waals surface area contributed by atoms with Crippen molar-refractivity contribution in [3.63, 3.8) is 0 Å². The van der Waals surface area contributed by atoms with Gasteiger partial charge in [-0.05, 0) is 23.8 Å². The first kappa shape index (κ1) is 12.7. The van der Waals surface area contributed by atoms with Crippen LogP contribution in [-0.4, -0.2) is 19.7 Å². The molecule has 0 aliphatic carbocycles. The first-order valence-electron chi connectivity index (χ1n) is 6.16. The highest BCUT2D eigenvalue weighted by Gasteiger charge is 2.08. The van der Waals surface area contributed by atoms with Gasteiger partial charge in [0.1, 0.15) is 4.64 Å². The van der Waals surface area contributed by atoms with Gasteiger partial charge in [-0.3, -0.25) is 10.1 Å². The molecule has 0 atom stereocenters. The van der Waals surface area contributed by atoms with Crippen molar-refractivity contribution in [2.75, 3.05) is 0 Å². The van der Waals surface area contributed by atoms with E-state index in [4.69, 9.17) is 18.0 Å². The molecule has 6 heteroatoms. The van der Waals surface area contributed by atoms with Gasteiger partial charge < -0.3 is 5.73 Å². The van der Waals surface area contributed by atoms with Crippen molar-refractivity contribution in [3.8, 4) is 16.9 Å². The molecule has 3 N–H and O–H groups in total. The maximum absolute atomic E-state index is 5.65. The van der Waals surface area contributed by atoms with E-state index in [1.807, 2.05) is 30.5 Å². The molecule has 5 nitrogen and oxygen atoms in total. The number of H-pyrrole nitrogens is 1. The first-order valence-corrected chi connectivity index (χ1v) is 6.56. The third-order valence-corrected chi connectivity index (χ3v) is 3.42. The molecule has 0 aromatic carbocycles. The van der Waals surface area contributed by atoms with Crippen LogP contribution in [0.5, 0.6) is 0 Å². The Kier molecular flexibility index (Phi) is 3.41. The molecule has 3 aromatic heterocycles. The summed E-state index contributed by atoms with van der Waals surface area (Å²) >= 11 is 5.50. The van der Waals surface area contributed by atoms with Crippen molar-refractivity contribution >= 4 is 12.2 Å². The van der Waals surface area contributed by atoms with Gasteiger partial charge in [0, 0.05) is 42.5 Å². The van der Waals surface area contributed by atoms with Crippen LogP contribution in [0, 0.1) is 4.64 Å². The second-order valence-electron chi connectivity index (χ2n) is 4.30. The maximum Gasteiger partial charge on any atom is 0.153 e. The Morgan fingerprint density at radius 1 is 1.30 bits per heavy atom.